The van der Waals surface area contributed by atoms with Crippen LogP contribution >= 0.6 is 11.8 Å². The summed E-state index contributed by atoms with van der Waals surface area (Å²) >= 11 is 2.07. The highest BCUT2D eigenvalue weighted by molar-refractivity contribution is 8.00. The molecular formula is C20H32BNO3S. The molecule has 2 atom stereocenters. The van der Waals surface area contributed by atoms with Crippen molar-refractivity contribution in [3.8, 4) is 5.75 Å². The summed E-state index contributed by atoms with van der Waals surface area (Å²) in [5, 5.41) is 0.690. The number of hydrogen-bond donors (Lipinski definition) is 0. The molecule has 2 unspecified atom stereocenters. The van der Waals surface area contributed by atoms with Gasteiger partial charge in [0.25, 0.3) is 0 Å². The molecule has 2 fully saturated rings. The van der Waals surface area contributed by atoms with Crippen molar-refractivity contribution < 1.29 is 14.0 Å². The van der Waals surface area contributed by atoms with E-state index >= 15 is 0 Å². The number of ether oxygens (including phenoxy) is 1. The van der Waals surface area contributed by atoms with Gasteiger partial charge in [-0.2, -0.15) is 11.8 Å². The second kappa shape index (κ2) is 7.74. The van der Waals surface area contributed by atoms with E-state index in [-0.39, 0.29) is 18.3 Å². The van der Waals surface area contributed by atoms with Gasteiger partial charge in [0.1, 0.15) is 12.4 Å². The van der Waals surface area contributed by atoms with Gasteiger partial charge < -0.3 is 14.0 Å². The van der Waals surface area contributed by atoms with E-state index in [0.29, 0.717) is 17.9 Å². The lowest BCUT2D eigenvalue weighted by molar-refractivity contribution is 0.00578. The van der Waals surface area contributed by atoms with Gasteiger partial charge in [-0.3, -0.25) is 4.90 Å². The molecule has 2 saturated heterocycles. The Hall–Kier alpha value is -0.685. The standard InChI is InChI=1S/C20H32BNO3S/c1-15-16(2)26-13-11-22(15)10-12-23-18-9-7-8-17(14-18)21-24-19(3,4)20(5,6)25-21/h7-9,14-16H,10-13H2,1-6H3. The molecule has 0 saturated carbocycles. The van der Waals surface area contributed by atoms with E-state index in [4.69, 9.17) is 14.0 Å². The fourth-order valence-electron chi connectivity index (χ4n) is 3.32. The molecule has 0 bridgehead atoms. The van der Waals surface area contributed by atoms with Gasteiger partial charge in [0, 0.05) is 30.1 Å². The minimum atomic E-state index is -0.344. The van der Waals surface area contributed by atoms with Gasteiger partial charge in [-0.25, -0.2) is 0 Å². The van der Waals surface area contributed by atoms with Crippen molar-refractivity contribution in [2.24, 2.45) is 0 Å². The van der Waals surface area contributed by atoms with Gasteiger partial charge in [-0.1, -0.05) is 19.1 Å². The molecule has 2 aliphatic rings. The van der Waals surface area contributed by atoms with Crippen LogP contribution in [0.5, 0.6) is 5.75 Å². The second-order valence-electron chi connectivity index (χ2n) is 8.36. The third-order valence-electron chi connectivity index (χ3n) is 6.05. The lowest BCUT2D eigenvalue weighted by Crippen LogP contribution is -2.46. The monoisotopic (exact) mass is 377 g/mol. The first kappa shape index (κ1) is 20.1. The quantitative estimate of drug-likeness (QED) is 0.736. The van der Waals surface area contributed by atoms with Crippen molar-refractivity contribution >= 4 is 24.3 Å². The zero-order valence-corrected chi connectivity index (χ0v) is 17.8. The van der Waals surface area contributed by atoms with Crippen LogP contribution in [0.4, 0.5) is 0 Å². The van der Waals surface area contributed by atoms with E-state index < -0.39 is 0 Å². The van der Waals surface area contributed by atoms with Crippen LogP contribution in [-0.2, 0) is 9.31 Å². The Labute approximate surface area is 163 Å². The van der Waals surface area contributed by atoms with Crippen molar-refractivity contribution in [2.75, 3.05) is 25.4 Å². The maximum Gasteiger partial charge on any atom is 0.494 e. The number of hydrogen-bond acceptors (Lipinski definition) is 5. The molecule has 0 radical (unpaired) electrons. The molecule has 6 heteroatoms. The summed E-state index contributed by atoms with van der Waals surface area (Å²) in [6.07, 6.45) is 0. The van der Waals surface area contributed by atoms with E-state index in [1.54, 1.807) is 0 Å². The largest absolute Gasteiger partial charge is 0.494 e. The molecule has 0 aliphatic carbocycles. The Kier molecular flexibility index (Phi) is 5.97. The maximum atomic E-state index is 6.14. The van der Waals surface area contributed by atoms with Gasteiger partial charge in [-0.15, -0.1) is 0 Å². The van der Waals surface area contributed by atoms with Crippen LogP contribution in [0.15, 0.2) is 24.3 Å². The maximum absolute atomic E-state index is 6.14. The molecule has 2 heterocycles. The minimum Gasteiger partial charge on any atom is -0.492 e. The van der Waals surface area contributed by atoms with E-state index in [1.165, 1.54) is 5.75 Å². The summed E-state index contributed by atoms with van der Waals surface area (Å²) in [6.45, 7) is 15.7. The van der Waals surface area contributed by atoms with E-state index in [0.717, 1.165) is 24.3 Å². The average molecular weight is 377 g/mol. The van der Waals surface area contributed by atoms with Crippen LogP contribution in [0.2, 0.25) is 0 Å². The molecule has 3 rings (SSSR count). The zero-order valence-electron chi connectivity index (χ0n) is 17.0. The topological polar surface area (TPSA) is 30.9 Å². The smallest absolute Gasteiger partial charge is 0.492 e. The van der Waals surface area contributed by atoms with Crippen molar-refractivity contribution in [3.63, 3.8) is 0 Å². The van der Waals surface area contributed by atoms with Crippen molar-refractivity contribution in [2.45, 2.75) is 64.0 Å². The molecule has 144 valence electrons. The fourth-order valence-corrected chi connectivity index (χ4v) is 4.48. The fraction of sp³-hybridized carbons (Fsp3) is 0.700. The molecule has 1 aromatic rings. The lowest BCUT2D eigenvalue weighted by atomic mass is 9.79. The van der Waals surface area contributed by atoms with E-state index in [2.05, 4.69) is 58.2 Å². The normalized spacial score (nSPS) is 28.3. The van der Waals surface area contributed by atoms with Gasteiger partial charge in [0.05, 0.1) is 11.2 Å². The van der Waals surface area contributed by atoms with Gasteiger partial charge in [-0.05, 0) is 52.2 Å². The number of benzene rings is 1. The second-order valence-corrected chi connectivity index (χ2v) is 9.85. The van der Waals surface area contributed by atoms with Crippen LogP contribution in [0.3, 0.4) is 0 Å². The molecule has 0 N–H and O–H groups in total. The van der Waals surface area contributed by atoms with Crippen LogP contribution in [-0.4, -0.2) is 60.0 Å². The molecule has 0 amide bonds. The van der Waals surface area contributed by atoms with E-state index in [9.17, 15) is 0 Å². The van der Waals surface area contributed by atoms with Crippen molar-refractivity contribution in [3.05, 3.63) is 24.3 Å². The first-order valence-electron chi connectivity index (χ1n) is 9.64. The Morgan fingerprint density at radius 2 is 1.88 bits per heavy atom. The highest BCUT2D eigenvalue weighted by Crippen LogP contribution is 2.36. The van der Waals surface area contributed by atoms with Crippen molar-refractivity contribution in [1.29, 1.82) is 0 Å². The first-order chi connectivity index (χ1) is 12.2. The van der Waals surface area contributed by atoms with Gasteiger partial charge in [0.2, 0.25) is 0 Å². The summed E-state index contributed by atoms with van der Waals surface area (Å²) < 4.78 is 18.3. The van der Waals surface area contributed by atoms with Gasteiger partial charge >= 0.3 is 7.12 Å². The number of nitrogens with zero attached hydrogens (tertiary/aromatic N) is 1. The zero-order chi connectivity index (χ0) is 18.9. The van der Waals surface area contributed by atoms with Crippen molar-refractivity contribution in [1.82, 2.24) is 4.90 Å². The Bertz CT molecular complexity index is 609. The summed E-state index contributed by atoms with van der Waals surface area (Å²) in [6, 6.07) is 8.71. The Morgan fingerprint density at radius 3 is 2.58 bits per heavy atom. The van der Waals surface area contributed by atoms with Crippen LogP contribution < -0.4 is 10.2 Å². The predicted molar refractivity (Wildman–Crippen MR) is 111 cm³/mol. The summed E-state index contributed by atoms with van der Waals surface area (Å²) in [7, 11) is -0.344. The van der Waals surface area contributed by atoms with E-state index in [1.807, 2.05) is 24.3 Å². The molecule has 26 heavy (non-hydrogen) atoms. The third-order valence-corrected chi connectivity index (χ3v) is 7.38. The minimum absolute atomic E-state index is 0.326. The Balaban J connectivity index is 1.57. The van der Waals surface area contributed by atoms with Crippen LogP contribution in [0, 0.1) is 0 Å². The van der Waals surface area contributed by atoms with Crippen LogP contribution in [0.25, 0.3) is 0 Å². The molecule has 4 nitrogen and oxygen atoms in total. The Morgan fingerprint density at radius 1 is 1.19 bits per heavy atom. The number of thioether (sulfide) groups is 1. The summed E-state index contributed by atoms with van der Waals surface area (Å²) in [5.41, 5.74) is 0.360. The SMILES string of the molecule is CC1SCCN(CCOc2cccc(B3OC(C)(C)C(C)(C)O3)c2)C1C. The average Bonchev–Trinajstić information content (AvgIpc) is 2.80. The van der Waals surface area contributed by atoms with Gasteiger partial charge in [0.15, 0.2) is 0 Å². The summed E-state index contributed by atoms with van der Waals surface area (Å²) in [4.78, 5) is 2.53. The molecule has 0 aromatic heterocycles. The first-order valence-corrected chi connectivity index (χ1v) is 10.7. The molecule has 0 spiro atoms. The molecule has 2 aliphatic heterocycles. The third kappa shape index (κ3) is 4.24. The predicted octanol–water partition coefficient (Wildman–Crippen LogP) is 3.19. The highest BCUT2D eigenvalue weighted by atomic mass is 32.2. The highest BCUT2D eigenvalue weighted by Gasteiger charge is 2.51. The molecule has 1 aromatic carbocycles. The summed E-state index contributed by atoms with van der Waals surface area (Å²) in [5.74, 6) is 2.09. The lowest BCUT2D eigenvalue weighted by Gasteiger charge is -2.37. The molecular weight excluding hydrogens is 345 g/mol. The number of rotatable bonds is 5. The van der Waals surface area contributed by atoms with Crippen LogP contribution in [0.1, 0.15) is 41.5 Å².